The van der Waals surface area contributed by atoms with E-state index in [0.717, 1.165) is 12.8 Å². The largest absolute Gasteiger partial charge is 0.354 e. The van der Waals surface area contributed by atoms with Crippen LogP contribution in [0.15, 0.2) is 24.3 Å². The molecule has 0 spiro atoms. The normalized spacial score (nSPS) is 24.5. The molecule has 2 aliphatic rings. The Kier molecular flexibility index (Phi) is 3.58. The average molecular weight is 273 g/mol. The van der Waals surface area contributed by atoms with E-state index in [1.807, 2.05) is 0 Å². The quantitative estimate of drug-likeness (QED) is 0.766. The smallest absolute Gasteiger partial charge is 0.315 e. The van der Waals surface area contributed by atoms with Gasteiger partial charge in [-0.3, -0.25) is 4.79 Å². The van der Waals surface area contributed by atoms with E-state index in [9.17, 15) is 9.59 Å². The van der Waals surface area contributed by atoms with Crippen molar-refractivity contribution in [2.45, 2.75) is 31.2 Å². The maximum absolute atomic E-state index is 12.0. The van der Waals surface area contributed by atoms with Crippen LogP contribution >= 0.6 is 0 Å². The van der Waals surface area contributed by atoms with Crippen molar-refractivity contribution in [2.24, 2.45) is 0 Å². The number of carbonyl (C=O) groups excluding carboxylic acids is 2. The molecule has 1 aromatic rings. The Morgan fingerprint density at radius 1 is 1.35 bits per heavy atom. The summed E-state index contributed by atoms with van der Waals surface area (Å²) in [7, 11) is 0. The number of fused-ring (bicyclic) bond motifs is 1. The van der Waals surface area contributed by atoms with Crippen molar-refractivity contribution in [1.29, 1.82) is 0 Å². The van der Waals surface area contributed by atoms with Gasteiger partial charge in [-0.15, -0.1) is 0 Å². The molecule has 5 heteroatoms. The lowest BCUT2D eigenvalue weighted by molar-refractivity contribution is -0.122. The standard InChI is InChI=1S/C15H19N3O2/c19-14(13-9-17-15(20)18-13)16-8-11-6-3-5-10-4-1-2-7-12(10)11/h1-2,4,7,11,13H,3,5-6,8-9H2,(H,16,19)(H2,17,18,20)/t11-,13-/m0/s1. The second-order valence-corrected chi connectivity index (χ2v) is 5.44. The highest BCUT2D eigenvalue weighted by Gasteiger charge is 2.27. The Bertz CT molecular complexity index is 530. The molecule has 1 heterocycles. The molecular weight excluding hydrogens is 254 g/mol. The molecule has 20 heavy (non-hydrogen) atoms. The van der Waals surface area contributed by atoms with Crippen molar-refractivity contribution in [3.8, 4) is 0 Å². The van der Waals surface area contributed by atoms with E-state index in [1.165, 1.54) is 17.5 Å². The van der Waals surface area contributed by atoms with E-state index in [1.54, 1.807) is 0 Å². The second-order valence-electron chi connectivity index (χ2n) is 5.44. The van der Waals surface area contributed by atoms with Crippen LogP contribution in [0.4, 0.5) is 4.79 Å². The molecule has 0 saturated carbocycles. The molecule has 0 radical (unpaired) electrons. The Hall–Kier alpha value is -2.04. The zero-order chi connectivity index (χ0) is 13.9. The summed E-state index contributed by atoms with van der Waals surface area (Å²) in [4.78, 5) is 23.0. The van der Waals surface area contributed by atoms with Crippen molar-refractivity contribution in [2.75, 3.05) is 13.1 Å². The predicted molar refractivity (Wildman–Crippen MR) is 75.5 cm³/mol. The molecule has 1 aliphatic heterocycles. The molecule has 1 aromatic carbocycles. The third-order valence-electron chi connectivity index (χ3n) is 4.10. The maximum atomic E-state index is 12.0. The first-order valence-corrected chi connectivity index (χ1v) is 7.14. The minimum Gasteiger partial charge on any atom is -0.354 e. The van der Waals surface area contributed by atoms with Crippen molar-refractivity contribution < 1.29 is 9.59 Å². The number of aryl methyl sites for hydroxylation is 1. The zero-order valence-electron chi connectivity index (χ0n) is 11.3. The van der Waals surface area contributed by atoms with E-state index in [0.29, 0.717) is 19.0 Å². The van der Waals surface area contributed by atoms with Crippen LogP contribution in [0.1, 0.15) is 29.9 Å². The van der Waals surface area contributed by atoms with E-state index in [4.69, 9.17) is 0 Å². The van der Waals surface area contributed by atoms with Gasteiger partial charge in [-0.05, 0) is 30.4 Å². The Labute approximate surface area is 118 Å². The first-order chi connectivity index (χ1) is 9.74. The van der Waals surface area contributed by atoms with Gasteiger partial charge in [0, 0.05) is 19.0 Å². The van der Waals surface area contributed by atoms with E-state index >= 15 is 0 Å². The summed E-state index contributed by atoms with van der Waals surface area (Å²) in [5.41, 5.74) is 2.75. The fraction of sp³-hybridized carbons (Fsp3) is 0.467. The minimum absolute atomic E-state index is 0.105. The molecule has 0 bridgehead atoms. The SMILES string of the molecule is O=C1NC[C@@H](C(=O)NC[C@@H]2CCCc3ccccc32)N1. The maximum Gasteiger partial charge on any atom is 0.315 e. The number of amides is 3. The third kappa shape index (κ3) is 2.61. The highest BCUT2D eigenvalue weighted by Crippen LogP contribution is 2.30. The molecule has 5 nitrogen and oxygen atoms in total. The first-order valence-electron chi connectivity index (χ1n) is 7.14. The van der Waals surface area contributed by atoms with Crippen molar-refractivity contribution in [1.82, 2.24) is 16.0 Å². The fourth-order valence-corrected chi connectivity index (χ4v) is 3.03. The van der Waals surface area contributed by atoms with Crippen molar-refractivity contribution >= 4 is 11.9 Å². The molecular formula is C15H19N3O2. The number of rotatable bonds is 3. The number of carbonyl (C=O) groups is 2. The number of hydrogen-bond donors (Lipinski definition) is 3. The summed E-state index contributed by atoms with van der Waals surface area (Å²) in [5.74, 6) is 0.278. The molecule has 1 saturated heterocycles. The van der Waals surface area contributed by atoms with Crippen LogP contribution in [-0.4, -0.2) is 31.1 Å². The lowest BCUT2D eigenvalue weighted by Crippen LogP contribution is -2.44. The van der Waals surface area contributed by atoms with Crippen molar-refractivity contribution in [3.05, 3.63) is 35.4 Å². The van der Waals surface area contributed by atoms with Crippen molar-refractivity contribution in [3.63, 3.8) is 0 Å². The lowest BCUT2D eigenvalue weighted by atomic mass is 9.83. The zero-order valence-corrected chi connectivity index (χ0v) is 11.3. The number of urea groups is 1. The van der Waals surface area contributed by atoms with Gasteiger partial charge in [-0.2, -0.15) is 0 Å². The van der Waals surface area contributed by atoms with Crippen LogP contribution in [0.3, 0.4) is 0 Å². The Morgan fingerprint density at radius 2 is 2.20 bits per heavy atom. The number of benzene rings is 1. The van der Waals surface area contributed by atoms with Gasteiger partial charge in [0.15, 0.2) is 0 Å². The topological polar surface area (TPSA) is 70.2 Å². The summed E-state index contributed by atoms with van der Waals surface area (Å²) in [5, 5.41) is 8.15. The van der Waals surface area contributed by atoms with Gasteiger partial charge in [-0.25, -0.2) is 4.79 Å². The minimum atomic E-state index is -0.443. The molecule has 3 N–H and O–H groups in total. The molecule has 106 valence electrons. The summed E-state index contributed by atoms with van der Waals surface area (Å²) in [6.07, 6.45) is 3.40. The molecule has 1 fully saturated rings. The molecule has 0 unspecified atom stereocenters. The van der Waals surface area contributed by atoms with E-state index in [2.05, 4.69) is 40.2 Å². The van der Waals surface area contributed by atoms with Gasteiger partial charge in [0.05, 0.1) is 0 Å². The second kappa shape index (κ2) is 5.53. The van der Waals surface area contributed by atoms with Gasteiger partial charge in [-0.1, -0.05) is 24.3 Å². The molecule has 3 rings (SSSR count). The third-order valence-corrected chi connectivity index (χ3v) is 4.10. The van der Waals surface area contributed by atoms with Crippen LogP contribution in [0.5, 0.6) is 0 Å². The fourth-order valence-electron chi connectivity index (χ4n) is 3.03. The molecule has 1 aliphatic carbocycles. The summed E-state index contributed by atoms with van der Waals surface area (Å²) < 4.78 is 0. The summed E-state index contributed by atoms with van der Waals surface area (Å²) in [6, 6.07) is 7.74. The van der Waals surface area contributed by atoms with Gasteiger partial charge < -0.3 is 16.0 Å². The summed E-state index contributed by atoms with van der Waals surface area (Å²) >= 11 is 0. The predicted octanol–water partition coefficient (Wildman–Crippen LogP) is 0.904. The van der Waals surface area contributed by atoms with Crippen LogP contribution < -0.4 is 16.0 Å². The number of hydrogen-bond acceptors (Lipinski definition) is 2. The highest BCUT2D eigenvalue weighted by atomic mass is 16.2. The molecule has 2 atom stereocenters. The first kappa shape index (κ1) is 13.0. The van der Waals surface area contributed by atoms with Crippen LogP contribution in [-0.2, 0) is 11.2 Å². The Balaban J connectivity index is 1.59. The number of nitrogens with one attached hydrogen (secondary N) is 3. The van der Waals surface area contributed by atoms with E-state index in [-0.39, 0.29) is 11.9 Å². The Morgan fingerprint density at radius 3 is 3.00 bits per heavy atom. The average Bonchev–Trinajstić information content (AvgIpc) is 2.91. The molecule has 3 amide bonds. The van der Waals surface area contributed by atoms with Crippen LogP contribution in [0, 0.1) is 0 Å². The monoisotopic (exact) mass is 273 g/mol. The van der Waals surface area contributed by atoms with Gasteiger partial charge in [0.1, 0.15) is 6.04 Å². The van der Waals surface area contributed by atoms with Gasteiger partial charge in [0.25, 0.3) is 0 Å². The lowest BCUT2D eigenvalue weighted by Gasteiger charge is -2.26. The molecule has 0 aromatic heterocycles. The van der Waals surface area contributed by atoms with E-state index < -0.39 is 6.04 Å². The van der Waals surface area contributed by atoms with Crippen LogP contribution in [0.2, 0.25) is 0 Å². The van der Waals surface area contributed by atoms with Gasteiger partial charge in [0.2, 0.25) is 5.91 Å². The van der Waals surface area contributed by atoms with Gasteiger partial charge >= 0.3 is 6.03 Å². The summed E-state index contributed by atoms with van der Waals surface area (Å²) in [6.45, 7) is 1.01. The van der Waals surface area contributed by atoms with Crippen LogP contribution in [0.25, 0.3) is 0 Å². The highest BCUT2D eigenvalue weighted by molar-refractivity contribution is 5.90.